The highest BCUT2D eigenvalue weighted by Gasteiger charge is 2.34. The van der Waals surface area contributed by atoms with E-state index in [0.29, 0.717) is 12.1 Å². The van der Waals surface area contributed by atoms with Crippen molar-refractivity contribution in [1.29, 1.82) is 0 Å². The normalized spacial score (nSPS) is 28.2. The number of aromatic nitrogens is 1. The van der Waals surface area contributed by atoms with Crippen LogP contribution in [0.3, 0.4) is 0 Å². The summed E-state index contributed by atoms with van der Waals surface area (Å²) in [5, 5.41) is 1.03. The predicted molar refractivity (Wildman–Crippen MR) is 78.3 cm³/mol. The van der Waals surface area contributed by atoms with Crippen molar-refractivity contribution in [3.63, 3.8) is 0 Å². The molecule has 0 amide bonds. The Morgan fingerprint density at radius 1 is 1.37 bits per heavy atom. The van der Waals surface area contributed by atoms with Gasteiger partial charge in [0, 0.05) is 25.2 Å². The number of carbonyl (C=O) groups excluding carboxylic acids is 1. The third-order valence-corrected chi connectivity index (χ3v) is 5.48. The molecule has 19 heavy (non-hydrogen) atoms. The largest absolute Gasteiger partial charge is 0.343 e. The number of nitrogens with zero attached hydrogens (tertiary/aromatic N) is 3. The fraction of sp³-hybridized carbons (Fsp3) is 0.714. The molecule has 1 aromatic heterocycles. The smallest absolute Gasteiger partial charge is 0.186 e. The maximum Gasteiger partial charge on any atom is 0.186 e. The van der Waals surface area contributed by atoms with E-state index >= 15 is 0 Å². The van der Waals surface area contributed by atoms with E-state index in [9.17, 15) is 4.79 Å². The van der Waals surface area contributed by atoms with Crippen LogP contribution in [0.2, 0.25) is 0 Å². The van der Waals surface area contributed by atoms with Crippen LogP contribution in [0.1, 0.15) is 41.6 Å². The molecule has 3 heterocycles. The number of hydrogen-bond donors (Lipinski definition) is 0. The molecule has 5 heteroatoms. The molecule has 2 unspecified atom stereocenters. The Labute approximate surface area is 118 Å². The Morgan fingerprint density at radius 3 is 2.95 bits per heavy atom. The number of aryl methyl sites for hydroxylation is 1. The number of piperidine rings is 1. The maximum atomic E-state index is 11.0. The lowest BCUT2D eigenvalue weighted by Crippen LogP contribution is -2.58. The van der Waals surface area contributed by atoms with Crippen molar-refractivity contribution in [1.82, 2.24) is 9.88 Å². The van der Waals surface area contributed by atoms with Gasteiger partial charge in [0.05, 0.1) is 10.6 Å². The van der Waals surface area contributed by atoms with E-state index in [1.807, 2.05) is 6.92 Å². The third kappa shape index (κ3) is 2.41. The monoisotopic (exact) mass is 279 g/mol. The van der Waals surface area contributed by atoms with Crippen LogP contribution >= 0.6 is 11.3 Å². The lowest BCUT2D eigenvalue weighted by atomic mass is 9.97. The minimum Gasteiger partial charge on any atom is -0.343 e. The van der Waals surface area contributed by atoms with Gasteiger partial charge in [-0.25, -0.2) is 4.98 Å². The molecule has 0 bridgehead atoms. The average Bonchev–Trinajstić information content (AvgIpc) is 2.79. The van der Waals surface area contributed by atoms with Gasteiger partial charge < -0.3 is 4.90 Å². The van der Waals surface area contributed by atoms with E-state index in [2.05, 4.69) is 21.7 Å². The van der Waals surface area contributed by atoms with Crippen molar-refractivity contribution >= 4 is 22.8 Å². The van der Waals surface area contributed by atoms with E-state index in [0.717, 1.165) is 35.1 Å². The molecular formula is C14H21N3OS. The number of fused-ring (bicyclic) bond motifs is 1. The average molecular weight is 279 g/mol. The molecule has 0 spiro atoms. The summed E-state index contributed by atoms with van der Waals surface area (Å²) in [7, 11) is 0. The van der Waals surface area contributed by atoms with Gasteiger partial charge in [-0.2, -0.15) is 0 Å². The van der Waals surface area contributed by atoms with Crippen LogP contribution < -0.4 is 4.90 Å². The lowest BCUT2D eigenvalue weighted by molar-refractivity contribution is 0.112. The van der Waals surface area contributed by atoms with Crippen molar-refractivity contribution in [2.45, 2.75) is 45.2 Å². The van der Waals surface area contributed by atoms with Crippen molar-refractivity contribution in [3.8, 4) is 0 Å². The van der Waals surface area contributed by atoms with Gasteiger partial charge in [0.2, 0.25) is 0 Å². The van der Waals surface area contributed by atoms with E-state index in [1.165, 1.54) is 37.1 Å². The highest BCUT2D eigenvalue weighted by molar-refractivity contribution is 7.17. The first-order valence-electron chi connectivity index (χ1n) is 7.12. The molecule has 104 valence electrons. The maximum absolute atomic E-state index is 11.0. The fourth-order valence-corrected chi connectivity index (χ4v) is 4.24. The van der Waals surface area contributed by atoms with Gasteiger partial charge >= 0.3 is 0 Å². The van der Waals surface area contributed by atoms with Crippen LogP contribution in [-0.2, 0) is 0 Å². The number of piperazine rings is 1. The van der Waals surface area contributed by atoms with Crippen molar-refractivity contribution in [2.24, 2.45) is 0 Å². The molecule has 4 nitrogen and oxygen atoms in total. The molecule has 2 aliphatic rings. The Bertz CT molecular complexity index is 473. The van der Waals surface area contributed by atoms with E-state index < -0.39 is 0 Å². The molecule has 2 aliphatic heterocycles. The minimum atomic E-state index is 0.486. The summed E-state index contributed by atoms with van der Waals surface area (Å²) in [6, 6.07) is 1.16. The second kappa shape index (κ2) is 5.21. The summed E-state index contributed by atoms with van der Waals surface area (Å²) in [6.45, 7) is 7.62. The lowest BCUT2D eigenvalue weighted by Gasteiger charge is -2.47. The summed E-state index contributed by atoms with van der Waals surface area (Å²) >= 11 is 1.54. The summed E-state index contributed by atoms with van der Waals surface area (Å²) in [5.41, 5.74) is 0.869. The molecule has 0 aromatic carbocycles. The molecule has 2 atom stereocenters. The SMILES string of the molecule is Cc1nc(N2CC3CCCCN3CC2C)sc1C=O. The first-order chi connectivity index (χ1) is 9.19. The summed E-state index contributed by atoms with van der Waals surface area (Å²) in [5.74, 6) is 0. The number of rotatable bonds is 2. The third-order valence-electron chi connectivity index (χ3n) is 4.36. The second-order valence-electron chi connectivity index (χ2n) is 5.71. The predicted octanol–water partition coefficient (Wildman–Crippen LogP) is 2.33. The van der Waals surface area contributed by atoms with Gasteiger partial charge in [-0.3, -0.25) is 9.69 Å². The number of carbonyl (C=O) groups is 1. The van der Waals surface area contributed by atoms with E-state index in [4.69, 9.17) is 0 Å². The molecular weight excluding hydrogens is 258 g/mol. The summed E-state index contributed by atoms with van der Waals surface area (Å²) < 4.78 is 0. The molecule has 0 saturated carbocycles. The van der Waals surface area contributed by atoms with Crippen LogP contribution in [0.25, 0.3) is 0 Å². The van der Waals surface area contributed by atoms with Gasteiger partial charge in [0.15, 0.2) is 11.4 Å². The number of anilines is 1. The molecule has 1 aromatic rings. The van der Waals surface area contributed by atoms with Crippen molar-refractivity contribution in [2.75, 3.05) is 24.5 Å². The number of thiazole rings is 1. The molecule has 3 rings (SSSR count). The Kier molecular flexibility index (Phi) is 3.58. The van der Waals surface area contributed by atoms with Crippen molar-refractivity contribution < 1.29 is 4.79 Å². The topological polar surface area (TPSA) is 36.4 Å². The van der Waals surface area contributed by atoms with Gasteiger partial charge in [-0.15, -0.1) is 0 Å². The zero-order valence-corrected chi connectivity index (χ0v) is 12.4. The number of aldehydes is 1. The number of hydrogen-bond acceptors (Lipinski definition) is 5. The highest BCUT2D eigenvalue weighted by atomic mass is 32.1. The van der Waals surface area contributed by atoms with Gasteiger partial charge in [-0.05, 0) is 33.2 Å². The van der Waals surface area contributed by atoms with Crippen molar-refractivity contribution in [3.05, 3.63) is 10.6 Å². The van der Waals surface area contributed by atoms with Crippen LogP contribution in [0.5, 0.6) is 0 Å². The zero-order valence-electron chi connectivity index (χ0n) is 11.6. The van der Waals surface area contributed by atoms with E-state index in [-0.39, 0.29) is 0 Å². The first kappa shape index (κ1) is 13.1. The minimum absolute atomic E-state index is 0.486. The second-order valence-corrected chi connectivity index (χ2v) is 6.72. The summed E-state index contributed by atoms with van der Waals surface area (Å²) in [4.78, 5) is 21.4. The fourth-order valence-electron chi connectivity index (χ4n) is 3.24. The first-order valence-corrected chi connectivity index (χ1v) is 7.94. The summed E-state index contributed by atoms with van der Waals surface area (Å²) in [6.07, 6.45) is 4.92. The van der Waals surface area contributed by atoms with Gasteiger partial charge in [-0.1, -0.05) is 17.8 Å². The Morgan fingerprint density at radius 2 is 2.21 bits per heavy atom. The van der Waals surface area contributed by atoms with Crippen LogP contribution in [-0.4, -0.2) is 47.9 Å². The van der Waals surface area contributed by atoms with Gasteiger partial charge in [0.1, 0.15) is 0 Å². The zero-order chi connectivity index (χ0) is 13.4. The van der Waals surface area contributed by atoms with Crippen LogP contribution in [0.4, 0.5) is 5.13 Å². The van der Waals surface area contributed by atoms with Crippen LogP contribution in [0, 0.1) is 6.92 Å². The molecule has 0 radical (unpaired) electrons. The van der Waals surface area contributed by atoms with Gasteiger partial charge in [0.25, 0.3) is 0 Å². The Hall–Kier alpha value is -0.940. The molecule has 0 aliphatic carbocycles. The molecule has 2 fully saturated rings. The standard InChI is InChI=1S/C14H21N3OS/c1-10-7-16-6-4-3-5-12(16)8-17(10)14-15-11(2)13(9-18)19-14/h9-10,12H,3-8H2,1-2H3. The highest BCUT2D eigenvalue weighted by Crippen LogP contribution is 2.31. The van der Waals surface area contributed by atoms with E-state index in [1.54, 1.807) is 0 Å². The molecule has 2 saturated heterocycles. The Balaban J connectivity index is 1.81. The quantitative estimate of drug-likeness (QED) is 0.779. The molecule has 0 N–H and O–H groups in total. The van der Waals surface area contributed by atoms with Crippen LogP contribution in [0.15, 0.2) is 0 Å².